The molecule has 0 radical (unpaired) electrons. The lowest BCUT2D eigenvalue weighted by Gasteiger charge is -2.19. The second kappa shape index (κ2) is 6.80. The second-order valence-electron chi connectivity index (χ2n) is 3.44. The van der Waals surface area contributed by atoms with Crippen LogP contribution in [0.2, 0.25) is 0 Å². The molecule has 0 aliphatic heterocycles. The highest BCUT2D eigenvalue weighted by Crippen LogP contribution is 2.01. The van der Waals surface area contributed by atoms with Gasteiger partial charge in [0.05, 0.1) is 16.1 Å². The molecule has 0 aromatic rings. The Bertz CT molecular complexity index is 274. The Labute approximate surface area is 90.3 Å². The Hall–Kier alpha value is -1.59. The zero-order valence-corrected chi connectivity index (χ0v) is 9.38. The summed E-state index contributed by atoms with van der Waals surface area (Å²) in [6.07, 6.45) is -0.835. The van der Waals surface area contributed by atoms with E-state index in [9.17, 15) is 4.79 Å². The van der Waals surface area contributed by atoms with Gasteiger partial charge in [-0.3, -0.25) is 4.79 Å². The first kappa shape index (κ1) is 13.4. The number of esters is 1. The van der Waals surface area contributed by atoms with Gasteiger partial charge in [-0.2, -0.15) is 0 Å². The summed E-state index contributed by atoms with van der Waals surface area (Å²) in [6, 6.07) is 0.381. The highest BCUT2D eigenvalue weighted by molar-refractivity contribution is 5.70. The fraction of sp³-hybridized carbons (Fsp3) is 0.700. The first-order chi connectivity index (χ1) is 7.01. The smallest absolute Gasteiger partial charge is 0.320 e. The van der Waals surface area contributed by atoms with Crippen molar-refractivity contribution >= 4 is 5.97 Å². The minimum Gasteiger partial charge on any atom is -0.320 e. The zero-order chi connectivity index (χ0) is 11.8. The molecule has 0 unspecified atom stereocenters. The number of carbonyl (C=O) groups excluding carboxylic acids is 1. The van der Waals surface area contributed by atoms with Crippen LogP contribution in [-0.2, 0) is 9.53 Å². The number of ether oxygens (including phenoxy) is 1. The van der Waals surface area contributed by atoms with Crippen LogP contribution in [0.4, 0.5) is 0 Å². The first-order valence-electron chi connectivity index (χ1n) is 4.71. The average molecular weight is 211 g/mol. The van der Waals surface area contributed by atoms with Gasteiger partial charge in [0, 0.05) is 12.6 Å². The van der Waals surface area contributed by atoms with Gasteiger partial charge in [0.1, 0.15) is 0 Å². The molecule has 0 saturated heterocycles. The van der Waals surface area contributed by atoms with Gasteiger partial charge >= 0.3 is 12.3 Å². The fourth-order valence-corrected chi connectivity index (χ4v) is 0.802. The predicted molar refractivity (Wildman–Crippen MR) is 58.9 cm³/mol. The van der Waals surface area contributed by atoms with E-state index in [4.69, 9.17) is 17.9 Å². The summed E-state index contributed by atoms with van der Waals surface area (Å²) >= 11 is 0. The van der Waals surface area contributed by atoms with E-state index in [-0.39, 0.29) is 6.42 Å². The van der Waals surface area contributed by atoms with E-state index in [1.165, 1.54) is 0 Å². The molecule has 0 bridgehead atoms. The number of carbonyl (C=O) groups is 1. The van der Waals surface area contributed by atoms with Crippen LogP contribution in [-0.4, -0.2) is 36.9 Å². The molecular weight excluding hydrogens is 194 g/mol. The standard InChI is InChI=1S/C10H17N3O2/c1-8(2)13(5)7-6-9(14)15-10(11-3)12-4/h3-4,8,10H,6-7H2,1-2,5H3/q+2. The van der Waals surface area contributed by atoms with Crippen molar-refractivity contribution in [3.63, 3.8) is 0 Å². The molecule has 0 fully saturated rings. The van der Waals surface area contributed by atoms with Crippen molar-refractivity contribution < 1.29 is 9.53 Å². The van der Waals surface area contributed by atoms with Crippen molar-refractivity contribution in [1.29, 1.82) is 0 Å². The largest absolute Gasteiger partial charge is 0.725 e. The summed E-state index contributed by atoms with van der Waals surface area (Å²) in [5.41, 5.74) is 0. The molecule has 0 heterocycles. The van der Waals surface area contributed by atoms with E-state index in [0.717, 1.165) is 0 Å². The van der Waals surface area contributed by atoms with E-state index in [0.29, 0.717) is 12.6 Å². The van der Waals surface area contributed by atoms with Crippen LogP contribution in [0.5, 0.6) is 0 Å². The van der Waals surface area contributed by atoms with Gasteiger partial charge < -0.3 is 9.64 Å². The van der Waals surface area contributed by atoms with Crippen molar-refractivity contribution in [2.45, 2.75) is 32.7 Å². The Morgan fingerprint density at radius 3 is 2.33 bits per heavy atom. The van der Waals surface area contributed by atoms with Gasteiger partial charge in [-0.15, -0.1) is 0 Å². The maximum atomic E-state index is 11.2. The summed E-state index contributed by atoms with van der Waals surface area (Å²) in [7, 11) is 1.93. The van der Waals surface area contributed by atoms with Gasteiger partial charge in [-0.05, 0) is 20.9 Å². The minimum atomic E-state index is -1.10. The van der Waals surface area contributed by atoms with Crippen LogP contribution in [0, 0.1) is 13.1 Å². The highest BCUT2D eigenvalue weighted by Gasteiger charge is 2.29. The van der Waals surface area contributed by atoms with Crippen molar-refractivity contribution in [2.75, 3.05) is 13.6 Å². The molecule has 0 aromatic heterocycles. The number of nitrogens with zero attached hydrogens (tertiary/aromatic N) is 3. The highest BCUT2D eigenvalue weighted by atomic mass is 16.6. The monoisotopic (exact) mass is 211 g/mol. The summed E-state index contributed by atoms with van der Waals surface area (Å²) in [5.74, 6) is -0.420. The van der Waals surface area contributed by atoms with Gasteiger partial charge in [-0.25, -0.2) is 0 Å². The molecule has 0 amide bonds. The van der Waals surface area contributed by atoms with Crippen molar-refractivity contribution in [2.24, 2.45) is 0 Å². The van der Waals surface area contributed by atoms with E-state index in [1.807, 2.05) is 25.8 Å². The summed E-state index contributed by atoms with van der Waals surface area (Å²) in [5, 5.41) is 0. The van der Waals surface area contributed by atoms with Crippen LogP contribution >= 0.6 is 0 Å². The molecule has 0 rings (SSSR count). The summed E-state index contributed by atoms with van der Waals surface area (Å²) in [4.78, 5) is 19.6. The maximum absolute atomic E-state index is 11.2. The van der Waals surface area contributed by atoms with Crippen LogP contribution in [0.3, 0.4) is 0 Å². The summed E-state index contributed by atoms with van der Waals surface area (Å²) in [6.45, 7) is 14.5. The molecule has 0 spiro atoms. The molecule has 0 saturated carbocycles. The van der Waals surface area contributed by atoms with Crippen LogP contribution < -0.4 is 0 Å². The van der Waals surface area contributed by atoms with E-state index < -0.39 is 12.3 Å². The quantitative estimate of drug-likeness (QED) is 0.646. The third-order valence-corrected chi connectivity index (χ3v) is 2.04. The van der Waals surface area contributed by atoms with Crippen LogP contribution in [0.1, 0.15) is 20.3 Å². The molecule has 5 nitrogen and oxygen atoms in total. The molecule has 0 aliphatic rings. The molecular formula is C10H17N3O2+2. The first-order valence-corrected chi connectivity index (χ1v) is 4.71. The third kappa shape index (κ3) is 5.66. The fourth-order valence-electron chi connectivity index (χ4n) is 0.802. The second-order valence-corrected chi connectivity index (χ2v) is 3.44. The summed E-state index contributed by atoms with van der Waals surface area (Å²) < 4.78 is 4.73. The molecule has 0 N–H and O–H groups in total. The number of hydrogen-bond acceptors (Lipinski definition) is 3. The molecule has 5 heteroatoms. The molecule has 82 valence electrons. The lowest BCUT2D eigenvalue weighted by molar-refractivity contribution is -0.145. The van der Waals surface area contributed by atoms with E-state index >= 15 is 0 Å². The third-order valence-electron chi connectivity index (χ3n) is 2.04. The zero-order valence-electron chi connectivity index (χ0n) is 9.38. The number of hydrogen-bond donors (Lipinski definition) is 0. The van der Waals surface area contributed by atoms with Crippen LogP contribution in [0.15, 0.2) is 0 Å². The molecule has 15 heavy (non-hydrogen) atoms. The van der Waals surface area contributed by atoms with Crippen molar-refractivity contribution in [3.05, 3.63) is 9.69 Å². The van der Waals surface area contributed by atoms with E-state index in [2.05, 4.69) is 9.69 Å². The van der Waals surface area contributed by atoms with Crippen LogP contribution in [0.25, 0.3) is 9.69 Å². The lowest BCUT2D eigenvalue weighted by atomic mass is 10.3. The normalized spacial score (nSPS) is 10.1. The van der Waals surface area contributed by atoms with Crippen molar-refractivity contribution in [1.82, 2.24) is 4.90 Å². The lowest BCUT2D eigenvalue weighted by Crippen LogP contribution is -2.29. The SMILES string of the molecule is C#[N+]C([N+]#C)OC(=O)CCN(C)C(C)C. The Morgan fingerprint density at radius 1 is 1.40 bits per heavy atom. The Morgan fingerprint density at radius 2 is 1.93 bits per heavy atom. The van der Waals surface area contributed by atoms with E-state index in [1.54, 1.807) is 0 Å². The van der Waals surface area contributed by atoms with Crippen molar-refractivity contribution in [3.8, 4) is 13.1 Å². The minimum absolute atomic E-state index is 0.260. The number of rotatable bonds is 5. The molecule has 0 aromatic carbocycles. The maximum Gasteiger partial charge on any atom is 0.725 e. The van der Waals surface area contributed by atoms with Gasteiger partial charge in [0.15, 0.2) is 0 Å². The Kier molecular flexibility index (Phi) is 6.08. The van der Waals surface area contributed by atoms with Gasteiger partial charge in [0.25, 0.3) is 13.1 Å². The Balaban J connectivity index is 3.87. The van der Waals surface area contributed by atoms with Gasteiger partial charge in [-0.1, -0.05) is 0 Å². The average Bonchev–Trinajstić information content (AvgIpc) is 2.22. The molecule has 0 atom stereocenters. The molecule has 0 aliphatic carbocycles. The topological polar surface area (TPSA) is 38.3 Å². The van der Waals surface area contributed by atoms with Gasteiger partial charge in [0.2, 0.25) is 0 Å². The predicted octanol–water partition coefficient (Wildman–Crippen LogP) is 1.47.